The largest absolute Gasteiger partial charge is 0.352 e. The lowest BCUT2D eigenvalue weighted by Gasteiger charge is -2.34. The fourth-order valence-corrected chi connectivity index (χ4v) is 7.29. The van der Waals surface area contributed by atoms with Gasteiger partial charge >= 0.3 is 0 Å². The third kappa shape index (κ3) is 8.32. The topological polar surface area (TPSA) is 86.8 Å². The number of carbonyl (C=O) groups excluding carboxylic acids is 2. The van der Waals surface area contributed by atoms with Gasteiger partial charge in [-0.15, -0.1) is 0 Å². The lowest BCUT2D eigenvalue weighted by atomic mass is 10.0. The number of hydrogen-bond acceptors (Lipinski definition) is 4. The standard InChI is InChI=1S/C36H38ClN3O4S/c1-27-11-10-16-32(23-27)40(45(43,44)33-17-6-3-7-18-33)26-35(41)39(25-29-19-21-30(37)22-20-29)34(24-28-12-4-2-5-13-28)36(42)38-31-14-8-9-15-31/h2-7,10-13,16-23,31,34H,8-9,14-15,24-26H2,1H3,(H,38,42). The molecule has 5 rings (SSSR count). The van der Waals surface area contributed by atoms with Gasteiger partial charge in [-0.25, -0.2) is 8.42 Å². The zero-order valence-corrected chi connectivity index (χ0v) is 26.9. The van der Waals surface area contributed by atoms with Crippen LogP contribution in [0.15, 0.2) is 114 Å². The van der Waals surface area contributed by atoms with Crippen LogP contribution in [-0.2, 0) is 32.6 Å². The van der Waals surface area contributed by atoms with Crippen LogP contribution in [0.4, 0.5) is 5.69 Å². The average Bonchev–Trinajstić information content (AvgIpc) is 3.56. The molecule has 1 aliphatic carbocycles. The van der Waals surface area contributed by atoms with Crippen molar-refractivity contribution in [3.05, 3.63) is 131 Å². The van der Waals surface area contributed by atoms with Gasteiger partial charge in [0.2, 0.25) is 11.8 Å². The molecule has 4 aromatic rings. The van der Waals surface area contributed by atoms with E-state index in [1.54, 1.807) is 48.5 Å². The quantitative estimate of drug-likeness (QED) is 0.190. The molecule has 4 aromatic carbocycles. The molecule has 234 valence electrons. The molecule has 1 fully saturated rings. The smallest absolute Gasteiger partial charge is 0.264 e. The highest BCUT2D eigenvalue weighted by atomic mass is 35.5. The minimum absolute atomic E-state index is 0.0468. The second kappa shape index (κ2) is 14.8. The molecule has 1 aliphatic rings. The van der Waals surface area contributed by atoms with Crippen molar-refractivity contribution in [3.63, 3.8) is 0 Å². The molecule has 0 bridgehead atoms. The molecule has 2 amide bonds. The van der Waals surface area contributed by atoms with E-state index in [-0.39, 0.29) is 29.8 Å². The number of amides is 2. The van der Waals surface area contributed by atoms with Gasteiger partial charge in [-0.05, 0) is 72.9 Å². The first-order valence-electron chi connectivity index (χ1n) is 15.2. The molecule has 45 heavy (non-hydrogen) atoms. The first-order valence-corrected chi connectivity index (χ1v) is 17.1. The Morgan fingerprint density at radius 2 is 1.49 bits per heavy atom. The maximum absolute atomic E-state index is 14.5. The van der Waals surface area contributed by atoms with E-state index in [1.807, 2.05) is 55.5 Å². The van der Waals surface area contributed by atoms with Crippen molar-refractivity contribution in [2.45, 2.75) is 62.6 Å². The van der Waals surface area contributed by atoms with E-state index in [2.05, 4.69) is 5.32 Å². The number of nitrogens with one attached hydrogen (secondary N) is 1. The van der Waals surface area contributed by atoms with Crippen LogP contribution in [0.2, 0.25) is 5.02 Å². The molecule has 7 nitrogen and oxygen atoms in total. The van der Waals surface area contributed by atoms with Gasteiger partial charge in [-0.3, -0.25) is 13.9 Å². The number of sulfonamides is 1. The SMILES string of the molecule is Cc1cccc(N(CC(=O)N(Cc2ccc(Cl)cc2)C(Cc2ccccc2)C(=O)NC2CCCC2)S(=O)(=O)c2ccccc2)c1. The van der Waals surface area contributed by atoms with E-state index in [0.29, 0.717) is 10.7 Å². The van der Waals surface area contributed by atoms with Gasteiger partial charge < -0.3 is 10.2 Å². The minimum atomic E-state index is -4.13. The Hall–Kier alpha value is -4.14. The molecule has 9 heteroatoms. The van der Waals surface area contributed by atoms with Gasteiger partial charge in [0.25, 0.3) is 10.0 Å². The summed E-state index contributed by atoms with van der Waals surface area (Å²) in [5.41, 5.74) is 2.88. The van der Waals surface area contributed by atoms with Crippen LogP contribution in [0.1, 0.15) is 42.4 Å². The average molecular weight is 644 g/mol. The van der Waals surface area contributed by atoms with Gasteiger partial charge in [0.1, 0.15) is 12.6 Å². The Labute approximate surface area is 270 Å². The molecule has 1 saturated carbocycles. The zero-order chi connectivity index (χ0) is 31.8. The van der Waals surface area contributed by atoms with Crippen molar-refractivity contribution >= 4 is 39.1 Å². The van der Waals surface area contributed by atoms with E-state index < -0.39 is 28.5 Å². The third-order valence-corrected chi connectivity index (χ3v) is 10.2. The van der Waals surface area contributed by atoms with E-state index in [4.69, 9.17) is 11.6 Å². The Morgan fingerprint density at radius 1 is 0.844 bits per heavy atom. The highest BCUT2D eigenvalue weighted by molar-refractivity contribution is 7.92. The van der Waals surface area contributed by atoms with E-state index in [1.165, 1.54) is 17.0 Å². The van der Waals surface area contributed by atoms with Gasteiger partial charge in [-0.1, -0.05) is 97.2 Å². The number of anilines is 1. The monoisotopic (exact) mass is 643 g/mol. The molecular formula is C36H38ClN3O4S. The van der Waals surface area contributed by atoms with Crippen LogP contribution in [0.3, 0.4) is 0 Å². The summed E-state index contributed by atoms with van der Waals surface area (Å²) in [6, 6.07) is 31.0. The van der Waals surface area contributed by atoms with Crippen molar-refractivity contribution < 1.29 is 18.0 Å². The summed E-state index contributed by atoms with van der Waals surface area (Å²) < 4.78 is 29.3. The van der Waals surface area contributed by atoms with Crippen molar-refractivity contribution in [1.82, 2.24) is 10.2 Å². The Balaban J connectivity index is 1.56. The summed E-state index contributed by atoms with van der Waals surface area (Å²) in [6.45, 7) is 1.48. The molecule has 1 N–H and O–H groups in total. The number of halogens is 1. The maximum Gasteiger partial charge on any atom is 0.264 e. The molecule has 0 aromatic heterocycles. The number of aryl methyl sites for hydroxylation is 1. The highest BCUT2D eigenvalue weighted by Gasteiger charge is 2.35. The number of nitrogens with zero attached hydrogens (tertiary/aromatic N) is 2. The van der Waals surface area contributed by atoms with Crippen LogP contribution in [0.25, 0.3) is 0 Å². The molecular weight excluding hydrogens is 606 g/mol. The van der Waals surface area contributed by atoms with E-state index in [9.17, 15) is 18.0 Å². The van der Waals surface area contributed by atoms with E-state index in [0.717, 1.165) is 46.7 Å². The van der Waals surface area contributed by atoms with Crippen molar-refractivity contribution in [2.75, 3.05) is 10.8 Å². The molecule has 0 aliphatic heterocycles. The molecule has 0 heterocycles. The summed E-state index contributed by atoms with van der Waals surface area (Å²) in [5.74, 6) is -0.741. The van der Waals surface area contributed by atoms with Gasteiger partial charge in [0, 0.05) is 24.0 Å². The Morgan fingerprint density at radius 3 is 2.13 bits per heavy atom. The minimum Gasteiger partial charge on any atom is -0.352 e. The Kier molecular flexibility index (Phi) is 10.6. The second-order valence-corrected chi connectivity index (χ2v) is 13.8. The van der Waals surface area contributed by atoms with Gasteiger partial charge in [0.15, 0.2) is 0 Å². The van der Waals surface area contributed by atoms with Crippen LogP contribution in [0, 0.1) is 6.92 Å². The molecule has 0 spiro atoms. The third-order valence-electron chi connectivity index (χ3n) is 8.14. The number of carbonyl (C=O) groups is 2. The number of hydrogen-bond donors (Lipinski definition) is 1. The maximum atomic E-state index is 14.5. The van der Waals surface area contributed by atoms with Crippen LogP contribution >= 0.6 is 11.6 Å². The predicted octanol–water partition coefficient (Wildman–Crippen LogP) is 6.54. The zero-order valence-electron chi connectivity index (χ0n) is 25.3. The summed E-state index contributed by atoms with van der Waals surface area (Å²) in [6.07, 6.45) is 4.15. The van der Waals surface area contributed by atoms with Crippen LogP contribution < -0.4 is 9.62 Å². The second-order valence-electron chi connectivity index (χ2n) is 11.5. The number of benzene rings is 4. The normalized spacial score (nSPS) is 14.1. The molecule has 0 radical (unpaired) electrons. The lowest BCUT2D eigenvalue weighted by Crippen LogP contribution is -2.54. The number of rotatable bonds is 12. The van der Waals surface area contributed by atoms with Crippen molar-refractivity contribution in [1.29, 1.82) is 0 Å². The lowest BCUT2D eigenvalue weighted by molar-refractivity contribution is -0.140. The molecule has 1 atom stereocenters. The Bertz CT molecular complexity index is 1690. The summed E-state index contributed by atoms with van der Waals surface area (Å²) in [5, 5.41) is 3.74. The van der Waals surface area contributed by atoms with Crippen molar-refractivity contribution in [2.24, 2.45) is 0 Å². The van der Waals surface area contributed by atoms with Crippen LogP contribution in [-0.4, -0.2) is 43.8 Å². The van der Waals surface area contributed by atoms with Gasteiger partial charge in [0.05, 0.1) is 10.6 Å². The molecule has 1 unspecified atom stereocenters. The fraction of sp³-hybridized carbons (Fsp3) is 0.278. The van der Waals surface area contributed by atoms with E-state index >= 15 is 0 Å². The van der Waals surface area contributed by atoms with Crippen LogP contribution in [0.5, 0.6) is 0 Å². The fourth-order valence-electron chi connectivity index (χ4n) is 5.74. The molecule has 0 saturated heterocycles. The summed E-state index contributed by atoms with van der Waals surface area (Å²) in [4.78, 5) is 30.2. The van der Waals surface area contributed by atoms with Crippen molar-refractivity contribution in [3.8, 4) is 0 Å². The van der Waals surface area contributed by atoms with Gasteiger partial charge in [-0.2, -0.15) is 0 Å². The highest BCUT2D eigenvalue weighted by Crippen LogP contribution is 2.26. The first-order chi connectivity index (χ1) is 21.7. The predicted molar refractivity (Wildman–Crippen MR) is 178 cm³/mol. The summed E-state index contributed by atoms with van der Waals surface area (Å²) >= 11 is 6.17. The first kappa shape index (κ1) is 32.3. The summed E-state index contributed by atoms with van der Waals surface area (Å²) in [7, 11) is -4.13.